The van der Waals surface area contributed by atoms with Crippen molar-refractivity contribution in [3.05, 3.63) is 29.8 Å². The number of rotatable bonds is 5. The Morgan fingerprint density at radius 1 is 1.37 bits per heavy atom. The molecule has 2 rings (SSSR count). The van der Waals surface area contributed by atoms with E-state index < -0.39 is 10.8 Å². The molecule has 1 aliphatic heterocycles. The fourth-order valence-electron chi connectivity index (χ4n) is 2.33. The van der Waals surface area contributed by atoms with E-state index in [1.165, 1.54) is 5.56 Å². The standard InChI is InChI=1S/C15H23NO2S/c1-3-9-16-14-8-10-18-11-15(14)19(17)13-6-4-12(2)5-7-13/h4-7,14-16H,3,8-11H2,1-2H3. The first kappa shape index (κ1) is 14.7. The summed E-state index contributed by atoms with van der Waals surface area (Å²) in [4.78, 5) is 0.907. The molecule has 1 aliphatic rings. The van der Waals surface area contributed by atoms with E-state index in [-0.39, 0.29) is 5.25 Å². The normalized spacial score (nSPS) is 25.2. The second-order valence-electron chi connectivity index (χ2n) is 5.07. The number of ether oxygens (including phenoxy) is 1. The summed E-state index contributed by atoms with van der Waals surface area (Å²) < 4.78 is 18.2. The van der Waals surface area contributed by atoms with Crippen LogP contribution in [-0.4, -0.2) is 35.3 Å². The molecule has 0 aromatic heterocycles. The van der Waals surface area contributed by atoms with Crippen LogP contribution in [0.5, 0.6) is 0 Å². The maximum Gasteiger partial charge on any atom is 0.0782 e. The Morgan fingerprint density at radius 3 is 2.79 bits per heavy atom. The largest absolute Gasteiger partial charge is 0.380 e. The molecule has 3 unspecified atom stereocenters. The van der Waals surface area contributed by atoms with Crippen LogP contribution >= 0.6 is 0 Å². The van der Waals surface area contributed by atoms with Gasteiger partial charge in [0.1, 0.15) is 0 Å². The number of hydrogen-bond donors (Lipinski definition) is 1. The fraction of sp³-hybridized carbons (Fsp3) is 0.600. The fourth-order valence-corrected chi connectivity index (χ4v) is 3.84. The minimum atomic E-state index is -0.999. The summed E-state index contributed by atoms with van der Waals surface area (Å²) in [6.07, 6.45) is 2.05. The summed E-state index contributed by atoms with van der Waals surface area (Å²) in [5.41, 5.74) is 1.20. The van der Waals surface area contributed by atoms with E-state index in [4.69, 9.17) is 4.74 Å². The summed E-state index contributed by atoms with van der Waals surface area (Å²) in [5, 5.41) is 3.57. The first-order valence-electron chi connectivity index (χ1n) is 7.00. The first-order chi connectivity index (χ1) is 9.22. The van der Waals surface area contributed by atoms with E-state index >= 15 is 0 Å². The van der Waals surface area contributed by atoms with Crippen LogP contribution in [0.15, 0.2) is 29.2 Å². The lowest BCUT2D eigenvalue weighted by Crippen LogP contribution is -2.48. The van der Waals surface area contributed by atoms with Crippen molar-refractivity contribution in [2.75, 3.05) is 19.8 Å². The second kappa shape index (κ2) is 7.17. The predicted octanol–water partition coefficient (Wildman–Crippen LogP) is 2.26. The average molecular weight is 281 g/mol. The molecule has 0 bridgehead atoms. The van der Waals surface area contributed by atoms with Crippen molar-refractivity contribution < 1.29 is 8.95 Å². The molecule has 0 saturated carbocycles. The summed E-state index contributed by atoms with van der Waals surface area (Å²) in [6, 6.07) is 8.28. The van der Waals surface area contributed by atoms with Crippen LogP contribution < -0.4 is 5.32 Å². The van der Waals surface area contributed by atoms with Crippen LogP contribution in [0, 0.1) is 6.92 Å². The zero-order valence-electron chi connectivity index (χ0n) is 11.7. The summed E-state index contributed by atoms with van der Waals surface area (Å²) in [7, 11) is -0.999. The zero-order chi connectivity index (χ0) is 13.7. The van der Waals surface area contributed by atoms with Crippen molar-refractivity contribution >= 4 is 10.8 Å². The van der Waals surface area contributed by atoms with E-state index in [1.54, 1.807) is 0 Å². The molecule has 1 heterocycles. The molecular weight excluding hydrogens is 258 g/mol. The van der Waals surface area contributed by atoms with Crippen LogP contribution in [0.25, 0.3) is 0 Å². The molecule has 1 aromatic rings. The van der Waals surface area contributed by atoms with Gasteiger partial charge in [-0.3, -0.25) is 4.21 Å². The first-order valence-corrected chi connectivity index (χ1v) is 8.22. The van der Waals surface area contributed by atoms with Crippen molar-refractivity contribution in [3.8, 4) is 0 Å². The number of benzene rings is 1. The minimum absolute atomic E-state index is 0.0583. The molecular formula is C15H23NO2S. The maximum atomic E-state index is 12.7. The van der Waals surface area contributed by atoms with Crippen LogP contribution in [0.1, 0.15) is 25.3 Å². The van der Waals surface area contributed by atoms with E-state index in [2.05, 4.69) is 12.2 Å². The third-order valence-corrected chi connectivity index (χ3v) is 5.24. The molecule has 0 radical (unpaired) electrons. The lowest BCUT2D eigenvalue weighted by Gasteiger charge is -2.31. The molecule has 3 nitrogen and oxygen atoms in total. The smallest absolute Gasteiger partial charge is 0.0782 e. The Morgan fingerprint density at radius 2 is 2.11 bits per heavy atom. The van der Waals surface area contributed by atoms with Crippen molar-refractivity contribution in [3.63, 3.8) is 0 Å². The third-order valence-electron chi connectivity index (χ3n) is 3.49. The van der Waals surface area contributed by atoms with Gasteiger partial charge in [0.05, 0.1) is 22.7 Å². The van der Waals surface area contributed by atoms with E-state index in [1.807, 2.05) is 31.2 Å². The van der Waals surface area contributed by atoms with Gasteiger partial charge in [-0.1, -0.05) is 24.6 Å². The lowest BCUT2D eigenvalue weighted by molar-refractivity contribution is 0.0820. The Bertz CT molecular complexity index is 419. The number of aryl methyl sites for hydroxylation is 1. The second-order valence-corrected chi connectivity index (χ2v) is 6.74. The van der Waals surface area contributed by atoms with Gasteiger partial charge in [0.25, 0.3) is 0 Å². The number of nitrogens with one attached hydrogen (secondary N) is 1. The van der Waals surface area contributed by atoms with Gasteiger partial charge in [-0.25, -0.2) is 0 Å². The summed E-state index contributed by atoms with van der Waals surface area (Å²) in [5.74, 6) is 0. The Hall–Kier alpha value is -0.710. The molecule has 4 heteroatoms. The Kier molecular flexibility index (Phi) is 5.55. The zero-order valence-corrected chi connectivity index (χ0v) is 12.5. The molecule has 19 heavy (non-hydrogen) atoms. The molecule has 1 fully saturated rings. The van der Waals surface area contributed by atoms with E-state index in [9.17, 15) is 4.21 Å². The molecule has 0 spiro atoms. The van der Waals surface area contributed by atoms with Gasteiger partial charge >= 0.3 is 0 Å². The van der Waals surface area contributed by atoms with Gasteiger partial charge in [-0.05, 0) is 38.4 Å². The van der Waals surface area contributed by atoms with Crippen molar-refractivity contribution in [2.45, 2.75) is 42.9 Å². The van der Waals surface area contributed by atoms with E-state index in [0.29, 0.717) is 12.6 Å². The van der Waals surface area contributed by atoms with Crippen molar-refractivity contribution in [2.24, 2.45) is 0 Å². The van der Waals surface area contributed by atoms with Gasteiger partial charge in [-0.15, -0.1) is 0 Å². The van der Waals surface area contributed by atoms with Gasteiger partial charge < -0.3 is 10.1 Å². The van der Waals surface area contributed by atoms with Crippen LogP contribution in [0.2, 0.25) is 0 Å². The molecule has 1 aromatic carbocycles. The minimum Gasteiger partial charge on any atom is -0.380 e. The Labute approximate surface area is 118 Å². The van der Waals surface area contributed by atoms with Crippen molar-refractivity contribution in [1.29, 1.82) is 0 Å². The molecule has 3 atom stereocenters. The lowest BCUT2D eigenvalue weighted by atomic mass is 10.1. The third kappa shape index (κ3) is 3.88. The van der Waals surface area contributed by atoms with Gasteiger partial charge in [0.2, 0.25) is 0 Å². The molecule has 1 N–H and O–H groups in total. The quantitative estimate of drug-likeness (QED) is 0.899. The maximum absolute atomic E-state index is 12.7. The molecule has 0 amide bonds. The highest BCUT2D eigenvalue weighted by Gasteiger charge is 2.30. The topological polar surface area (TPSA) is 38.3 Å². The summed E-state index contributed by atoms with van der Waals surface area (Å²) in [6.45, 7) is 6.53. The highest BCUT2D eigenvalue weighted by Crippen LogP contribution is 2.20. The summed E-state index contributed by atoms with van der Waals surface area (Å²) >= 11 is 0. The molecule has 1 saturated heterocycles. The van der Waals surface area contributed by atoms with Crippen LogP contribution in [0.3, 0.4) is 0 Å². The van der Waals surface area contributed by atoms with Gasteiger partial charge in [-0.2, -0.15) is 0 Å². The van der Waals surface area contributed by atoms with Gasteiger partial charge in [0, 0.05) is 17.5 Å². The monoisotopic (exact) mass is 281 g/mol. The van der Waals surface area contributed by atoms with Crippen LogP contribution in [-0.2, 0) is 15.5 Å². The Balaban J connectivity index is 2.08. The van der Waals surface area contributed by atoms with Crippen LogP contribution in [0.4, 0.5) is 0 Å². The predicted molar refractivity (Wildman–Crippen MR) is 78.9 cm³/mol. The van der Waals surface area contributed by atoms with E-state index in [0.717, 1.165) is 30.9 Å². The highest BCUT2D eigenvalue weighted by atomic mass is 32.2. The average Bonchev–Trinajstić information content (AvgIpc) is 2.45. The molecule has 0 aliphatic carbocycles. The van der Waals surface area contributed by atoms with Gasteiger partial charge in [0.15, 0.2) is 0 Å². The van der Waals surface area contributed by atoms with Crippen molar-refractivity contribution in [1.82, 2.24) is 5.32 Å². The molecule has 106 valence electrons. The number of hydrogen-bond acceptors (Lipinski definition) is 3. The SMILES string of the molecule is CCCNC1CCOCC1S(=O)c1ccc(C)cc1. The highest BCUT2D eigenvalue weighted by molar-refractivity contribution is 7.85.